The number of benzene rings is 1. The molecule has 1 fully saturated rings. The van der Waals surface area contributed by atoms with Crippen LogP contribution < -0.4 is 9.80 Å². The van der Waals surface area contributed by atoms with Crippen LogP contribution in [0.5, 0.6) is 0 Å². The number of hydrogen-bond donors (Lipinski definition) is 0. The maximum absolute atomic E-state index is 13.5. The third kappa shape index (κ3) is 4.04. The minimum atomic E-state index is -4.59. The van der Waals surface area contributed by atoms with Crippen LogP contribution in [0.2, 0.25) is 5.02 Å². The maximum Gasteiger partial charge on any atom is 0.416 e. The lowest BCUT2D eigenvalue weighted by Crippen LogP contribution is -2.47. The van der Waals surface area contributed by atoms with Gasteiger partial charge < -0.3 is 14.6 Å². The Morgan fingerprint density at radius 2 is 2.03 bits per heavy atom. The van der Waals surface area contributed by atoms with Crippen molar-refractivity contribution in [3.8, 4) is 0 Å². The van der Waals surface area contributed by atoms with Gasteiger partial charge in [-0.05, 0) is 42.4 Å². The van der Waals surface area contributed by atoms with Gasteiger partial charge in [-0.2, -0.15) is 13.2 Å². The second kappa shape index (κ2) is 8.12. The van der Waals surface area contributed by atoms with Crippen molar-refractivity contribution < 1.29 is 27.2 Å². The molecule has 1 aromatic heterocycles. The van der Waals surface area contributed by atoms with Crippen LogP contribution in [-0.2, 0) is 15.8 Å². The predicted octanol–water partition coefficient (Wildman–Crippen LogP) is 3.66. The maximum atomic E-state index is 13.5. The second-order valence-corrected chi connectivity index (χ2v) is 7.81. The van der Waals surface area contributed by atoms with Gasteiger partial charge in [-0.25, -0.2) is 9.37 Å². The Labute approximate surface area is 185 Å². The van der Waals surface area contributed by atoms with Gasteiger partial charge in [0.2, 0.25) is 5.96 Å². The monoisotopic (exact) mass is 471 g/mol. The number of hydrogen-bond acceptors (Lipinski definition) is 6. The Bertz CT molecular complexity index is 1090. The predicted molar refractivity (Wildman–Crippen MR) is 110 cm³/mol. The number of oxime groups is 1. The van der Waals surface area contributed by atoms with E-state index >= 15 is 0 Å². The van der Waals surface area contributed by atoms with E-state index < -0.39 is 29.5 Å². The first-order valence-electron chi connectivity index (χ1n) is 9.59. The van der Waals surface area contributed by atoms with E-state index in [-0.39, 0.29) is 35.6 Å². The first kappa shape index (κ1) is 22.1. The minimum absolute atomic E-state index is 0.0760. The summed E-state index contributed by atoms with van der Waals surface area (Å²) in [5.74, 6) is -0.966. The van der Waals surface area contributed by atoms with Gasteiger partial charge in [0.1, 0.15) is 24.3 Å². The van der Waals surface area contributed by atoms with Crippen LogP contribution in [-0.4, -0.2) is 54.5 Å². The van der Waals surface area contributed by atoms with Crippen LogP contribution in [0.1, 0.15) is 11.3 Å². The molecule has 1 atom stereocenters. The van der Waals surface area contributed by atoms with Gasteiger partial charge in [0, 0.05) is 18.4 Å². The number of carbonyl (C=O) groups is 1. The molecule has 32 heavy (non-hydrogen) atoms. The van der Waals surface area contributed by atoms with Crippen LogP contribution in [0.4, 0.5) is 29.1 Å². The molecule has 7 nitrogen and oxygen atoms in total. The van der Waals surface area contributed by atoms with Crippen LogP contribution >= 0.6 is 11.6 Å². The van der Waals surface area contributed by atoms with E-state index in [0.29, 0.717) is 12.2 Å². The molecular weight excluding hydrogens is 454 g/mol. The molecule has 1 saturated heterocycles. The van der Waals surface area contributed by atoms with Gasteiger partial charge in [-0.15, -0.1) is 0 Å². The van der Waals surface area contributed by atoms with Crippen LogP contribution in [0, 0.1) is 12.7 Å². The molecule has 3 heterocycles. The Kier molecular flexibility index (Phi) is 5.61. The summed E-state index contributed by atoms with van der Waals surface area (Å²) in [7, 11) is 1.48. The van der Waals surface area contributed by atoms with E-state index in [1.54, 1.807) is 4.90 Å². The van der Waals surface area contributed by atoms with E-state index in [0.717, 1.165) is 18.2 Å². The summed E-state index contributed by atoms with van der Waals surface area (Å²) in [6, 6.07) is 4.68. The normalized spacial score (nSPS) is 18.2. The van der Waals surface area contributed by atoms with Crippen molar-refractivity contribution in [2.75, 3.05) is 36.5 Å². The van der Waals surface area contributed by atoms with E-state index in [1.165, 1.54) is 35.9 Å². The molecule has 1 aromatic carbocycles. The fourth-order valence-electron chi connectivity index (χ4n) is 3.64. The summed E-state index contributed by atoms with van der Waals surface area (Å²) in [4.78, 5) is 27.1. The summed E-state index contributed by atoms with van der Waals surface area (Å²) in [5, 5.41) is 3.81. The number of aryl methyl sites for hydroxylation is 1. The number of alkyl halides is 3. The van der Waals surface area contributed by atoms with Crippen molar-refractivity contribution in [2.45, 2.75) is 19.1 Å². The molecule has 0 aliphatic carbocycles. The Hall–Kier alpha value is -3.08. The van der Waals surface area contributed by atoms with Crippen LogP contribution in [0.15, 0.2) is 35.5 Å². The van der Waals surface area contributed by atoms with Gasteiger partial charge in [-0.1, -0.05) is 11.6 Å². The lowest BCUT2D eigenvalue weighted by atomic mass is 10.1. The third-order valence-corrected chi connectivity index (χ3v) is 5.51. The van der Waals surface area contributed by atoms with Crippen molar-refractivity contribution in [1.82, 2.24) is 9.88 Å². The number of carbonyl (C=O) groups excluding carboxylic acids is 1. The molecule has 1 unspecified atom stereocenters. The summed E-state index contributed by atoms with van der Waals surface area (Å²) in [5.41, 5.74) is -0.422. The molecule has 4 rings (SSSR count). The molecule has 1 amide bonds. The highest BCUT2D eigenvalue weighted by Crippen LogP contribution is 2.34. The first-order chi connectivity index (χ1) is 15.1. The van der Waals surface area contributed by atoms with Crippen molar-refractivity contribution >= 4 is 35.0 Å². The zero-order valence-corrected chi connectivity index (χ0v) is 17.8. The zero-order valence-electron chi connectivity index (χ0n) is 17.0. The summed E-state index contributed by atoms with van der Waals surface area (Å²) >= 11 is 5.84. The Morgan fingerprint density at radius 1 is 1.28 bits per heavy atom. The number of halogens is 5. The summed E-state index contributed by atoms with van der Waals surface area (Å²) in [6.07, 6.45) is -4.59. The number of rotatable bonds is 3. The largest absolute Gasteiger partial charge is 0.416 e. The quantitative estimate of drug-likeness (QED) is 0.639. The fraction of sp³-hybridized carbons (Fsp3) is 0.350. The van der Waals surface area contributed by atoms with Crippen molar-refractivity contribution in [3.63, 3.8) is 0 Å². The van der Waals surface area contributed by atoms with E-state index in [2.05, 4.69) is 10.1 Å². The van der Waals surface area contributed by atoms with Gasteiger partial charge >= 0.3 is 6.18 Å². The molecule has 0 radical (unpaired) electrons. The first-order valence-corrected chi connectivity index (χ1v) is 9.96. The lowest BCUT2D eigenvalue weighted by Gasteiger charge is -2.28. The Morgan fingerprint density at radius 3 is 2.72 bits per heavy atom. The molecule has 0 bridgehead atoms. The van der Waals surface area contributed by atoms with Crippen molar-refractivity contribution in [3.05, 3.63) is 52.4 Å². The number of nitrogens with zero attached hydrogens (tertiary/aromatic N) is 5. The fourth-order valence-corrected chi connectivity index (χ4v) is 3.82. The van der Waals surface area contributed by atoms with Gasteiger partial charge in [0.25, 0.3) is 5.91 Å². The van der Waals surface area contributed by atoms with Gasteiger partial charge in [0.05, 0.1) is 23.7 Å². The average Bonchev–Trinajstić information content (AvgIpc) is 3.13. The molecule has 12 heteroatoms. The molecule has 2 aliphatic heterocycles. The molecule has 0 saturated carbocycles. The van der Waals surface area contributed by atoms with Gasteiger partial charge in [-0.3, -0.25) is 9.69 Å². The number of likely N-dealkylation sites (N-methyl/N-ethyl adjacent to an activating group) is 1. The molecule has 2 aromatic rings. The van der Waals surface area contributed by atoms with Crippen molar-refractivity contribution in [2.24, 2.45) is 5.16 Å². The van der Waals surface area contributed by atoms with Crippen molar-refractivity contribution in [1.29, 1.82) is 0 Å². The lowest BCUT2D eigenvalue weighted by molar-refractivity contribution is -0.137. The number of anilines is 2. The summed E-state index contributed by atoms with van der Waals surface area (Å²) < 4.78 is 53.8. The SMILES string of the molecule is Cc1cc(C(F)(F)F)cc(N2C3=NOCCN3CC2C(=O)N(C)c2ccc(F)c(Cl)c2)n1. The molecule has 0 spiro atoms. The van der Waals surface area contributed by atoms with Crippen LogP contribution in [0.25, 0.3) is 0 Å². The van der Waals surface area contributed by atoms with E-state index in [1.807, 2.05) is 0 Å². The second-order valence-electron chi connectivity index (χ2n) is 7.41. The molecule has 170 valence electrons. The Balaban J connectivity index is 1.75. The number of fused-ring (bicyclic) bond motifs is 1. The van der Waals surface area contributed by atoms with E-state index in [4.69, 9.17) is 16.4 Å². The zero-order chi connectivity index (χ0) is 23.2. The van der Waals surface area contributed by atoms with Crippen LogP contribution in [0.3, 0.4) is 0 Å². The number of pyridine rings is 1. The number of amides is 1. The standard InChI is InChI=1S/C20H18ClF4N5O2/c1-11-7-12(20(23,24)25)8-17(26-11)30-16(10-29-5-6-32-27-19(29)30)18(31)28(2)13-3-4-15(22)14(21)9-13/h3-4,7-9,16H,5-6,10H2,1-2H3. The highest BCUT2D eigenvalue weighted by Gasteiger charge is 2.45. The molecule has 2 aliphatic rings. The smallest absolute Gasteiger partial charge is 0.391 e. The summed E-state index contributed by atoms with van der Waals surface area (Å²) in [6.45, 7) is 2.28. The highest BCUT2D eigenvalue weighted by molar-refractivity contribution is 6.31. The van der Waals surface area contributed by atoms with Gasteiger partial charge in [0.15, 0.2) is 0 Å². The average molecular weight is 472 g/mol. The molecular formula is C20H18ClF4N5O2. The number of aromatic nitrogens is 1. The number of guanidine groups is 1. The highest BCUT2D eigenvalue weighted by atomic mass is 35.5. The molecule has 0 N–H and O–H groups in total. The topological polar surface area (TPSA) is 61.3 Å². The minimum Gasteiger partial charge on any atom is -0.391 e. The van der Waals surface area contributed by atoms with E-state index in [9.17, 15) is 22.4 Å². The third-order valence-electron chi connectivity index (χ3n) is 5.22.